The molecule has 4 heteroatoms. The van der Waals surface area contributed by atoms with Gasteiger partial charge in [-0.25, -0.2) is 4.39 Å². The van der Waals surface area contributed by atoms with E-state index in [1.54, 1.807) is 12.1 Å². The van der Waals surface area contributed by atoms with Crippen molar-refractivity contribution < 1.29 is 9.50 Å². The fourth-order valence-electron chi connectivity index (χ4n) is 1.49. The molecule has 0 aliphatic rings. The summed E-state index contributed by atoms with van der Waals surface area (Å²) in [5.41, 5.74) is 1.75. The molecule has 0 aliphatic heterocycles. The molecule has 2 rings (SSSR count). The topological polar surface area (TPSA) is 56.9 Å². The first-order valence-corrected chi connectivity index (χ1v) is 5.01. The van der Waals surface area contributed by atoms with Gasteiger partial charge in [0.2, 0.25) is 0 Å². The summed E-state index contributed by atoms with van der Waals surface area (Å²) in [5, 5.41) is 18.1. The summed E-state index contributed by atoms with van der Waals surface area (Å²) >= 11 is 0. The van der Waals surface area contributed by atoms with E-state index in [1.807, 2.05) is 6.07 Å². The van der Waals surface area contributed by atoms with Crippen LogP contribution < -0.4 is 0 Å². The van der Waals surface area contributed by atoms with Gasteiger partial charge in [0.1, 0.15) is 11.9 Å². The van der Waals surface area contributed by atoms with Crippen molar-refractivity contribution in [2.45, 2.75) is 6.42 Å². The molecule has 0 saturated heterocycles. The smallest absolute Gasteiger partial charge is 0.151 e. The number of hydrogen-bond acceptors (Lipinski definition) is 3. The SMILES string of the molecule is N#Cc1cc(Cc2ccc(F)cc2)ncc1O. The molecule has 17 heavy (non-hydrogen) atoms. The number of halogens is 1. The molecule has 3 nitrogen and oxygen atoms in total. The first-order valence-electron chi connectivity index (χ1n) is 5.01. The lowest BCUT2D eigenvalue weighted by Gasteiger charge is -2.02. The van der Waals surface area contributed by atoms with Crippen molar-refractivity contribution in [3.05, 3.63) is 59.2 Å². The van der Waals surface area contributed by atoms with Crippen molar-refractivity contribution in [2.24, 2.45) is 0 Å². The Morgan fingerprint density at radius 2 is 2.00 bits per heavy atom. The van der Waals surface area contributed by atoms with Crippen LogP contribution in [0, 0.1) is 17.1 Å². The van der Waals surface area contributed by atoms with E-state index in [1.165, 1.54) is 24.4 Å². The highest BCUT2D eigenvalue weighted by Gasteiger charge is 2.04. The Bertz CT molecular complexity index is 573. The normalized spacial score (nSPS) is 9.88. The summed E-state index contributed by atoms with van der Waals surface area (Å²) in [4.78, 5) is 4.01. The van der Waals surface area contributed by atoms with Gasteiger partial charge in [0.25, 0.3) is 0 Å². The van der Waals surface area contributed by atoms with Crippen molar-refractivity contribution in [2.75, 3.05) is 0 Å². The Morgan fingerprint density at radius 3 is 2.65 bits per heavy atom. The average Bonchev–Trinajstić information content (AvgIpc) is 2.34. The number of aromatic hydroxyl groups is 1. The van der Waals surface area contributed by atoms with Crippen molar-refractivity contribution >= 4 is 0 Å². The predicted molar refractivity (Wildman–Crippen MR) is 59.8 cm³/mol. The van der Waals surface area contributed by atoms with Gasteiger partial charge in [-0.15, -0.1) is 0 Å². The van der Waals surface area contributed by atoms with Crippen LogP contribution in [0.5, 0.6) is 5.75 Å². The summed E-state index contributed by atoms with van der Waals surface area (Å²) in [7, 11) is 0. The number of rotatable bonds is 2. The van der Waals surface area contributed by atoms with Crippen LogP contribution in [0.2, 0.25) is 0 Å². The first kappa shape index (κ1) is 11.1. The fraction of sp³-hybridized carbons (Fsp3) is 0.0769. The van der Waals surface area contributed by atoms with Crippen LogP contribution >= 0.6 is 0 Å². The van der Waals surface area contributed by atoms with Crippen LogP contribution in [0.4, 0.5) is 4.39 Å². The van der Waals surface area contributed by atoms with E-state index in [4.69, 9.17) is 5.26 Å². The fourth-order valence-corrected chi connectivity index (χ4v) is 1.49. The Hall–Kier alpha value is -2.41. The number of nitrogens with zero attached hydrogens (tertiary/aromatic N) is 2. The summed E-state index contributed by atoms with van der Waals surface area (Å²) in [5.74, 6) is -0.416. The maximum atomic E-state index is 12.7. The van der Waals surface area contributed by atoms with Crippen molar-refractivity contribution in [1.82, 2.24) is 4.98 Å². The molecule has 0 bridgehead atoms. The van der Waals surface area contributed by atoms with Gasteiger partial charge in [0.05, 0.1) is 11.8 Å². The molecular weight excluding hydrogens is 219 g/mol. The van der Waals surface area contributed by atoms with Crippen molar-refractivity contribution in [3.63, 3.8) is 0 Å². The lowest BCUT2D eigenvalue weighted by atomic mass is 10.1. The molecule has 0 atom stereocenters. The second kappa shape index (κ2) is 4.62. The van der Waals surface area contributed by atoms with Crippen LogP contribution in [0.25, 0.3) is 0 Å². The maximum Gasteiger partial charge on any atom is 0.151 e. The standard InChI is InChI=1S/C13H9FN2O/c14-11-3-1-9(2-4-11)5-12-6-10(7-15)13(17)8-16-12/h1-4,6,8,17H,5H2. The molecule has 0 fully saturated rings. The minimum Gasteiger partial charge on any atom is -0.505 e. The number of aromatic nitrogens is 1. The van der Waals surface area contributed by atoms with Crippen LogP contribution in [0.15, 0.2) is 36.5 Å². The third-order valence-electron chi connectivity index (χ3n) is 2.36. The quantitative estimate of drug-likeness (QED) is 0.858. The van der Waals surface area contributed by atoms with Gasteiger partial charge in [0, 0.05) is 12.1 Å². The monoisotopic (exact) mass is 228 g/mol. The highest BCUT2D eigenvalue weighted by molar-refractivity contribution is 5.41. The van der Waals surface area contributed by atoms with E-state index in [9.17, 15) is 9.50 Å². The molecule has 0 spiro atoms. The van der Waals surface area contributed by atoms with Crippen LogP contribution in [-0.2, 0) is 6.42 Å². The van der Waals surface area contributed by atoms with Gasteiger partial charge < -0.3 is 5.11 Å². The first-order chi connectivity index (χ1) is 8.19. The summed E-state index contributed by atoms with van der Waals surface area (Å²) in [6, 6.07) is 9.48. The zero-order valence-corrected chi connectivity index (χ0v) is 8.89. The summed E-state index contributed by atoms with van der Waals surface area (Å²) in [6.45, 7) is 0. The molecule has 84 valence electrons. The van der Waals surface area contributed by atoms with Gasteiger partial charge in [0.15, 0.2) is 5.75 Å². The van der Waals surface area contributed by atoms with Gasteiger partial charge in [-0.3, -0.25) is 4.98 Å². The molecule has 0 aliphatic carbocycles. The van der Waals surface area contributed by atoms with E-state index < -0.39 is 0 Å². The lowest BCUT2D eigenvalue weighted by Crippen LogP contribution is -1.93. The van der Waals surface area contributed by atoms with E-state index in [0.717, 1.165) is 5.56 Å². The van der Waals surface area contributed by atoms with Crippen LogP contribution in [0.3, 0.4) is 0 Å². The van der Waals surface area contributed by atoms with Gasteiger partial charge >= 0.3 is 0 Å². The Morgan fingerprint density at radius 1 is 1.29 bits per heavy atom. The molecular formula is C13H9FN2O. The second-order valence-corrected chi connectivity index (χ2v) is 3.61. The number of benzene rings is 1. The van der Waals surface area contributed by atoms with E-state index in [-0.39, 0.29) is 17.1 Å². The summed E-state index contributed by atoms with van der Waals surface area (Å²) in [6.07, 6.45) is 1.74. The largest absolute Gasteiger partial charge is 0.505 e. The third kappa shape index (κ3) is 2.58. The van der Waals surface area contributed by atoms with Crippen LogP contribution in [0.1, 0.15) is 16.8 Å². The molecule has 1 heterocycles. The number of pyridine rings is 1. The Balaban J connectivity index is 2.25. The summed E-state index contributed by atoms with van der Waals surface area (Å²) < 4.78 is 12.7. The number of hydrogen-bond donors (Lipinski definition) is 1. The molecule has 0 amide bonds. The molecule has 1 aromatic heterocycles. The Labute approximate surface area is 97.8 Å². The van der Waals surface area contributed by atoms with Crippen LogP contribution in [-0.4, -0.2) is 10.1 Å². The molecule has 0 saturated carbocycles. The molecule has 1 aromatic carbocycles. The number of nitriles is 1. The molecule has 1 N–H and O–H groups in total. The van der Waals surface area contributed by atoms with Gasteiger partial charge in [-0.2, -0.15) is 5.26 Å². The minimum absolute atomic E-state index is 0.129. The van der Waals surface area contributed by atoms with Gasteiger partial charge in [-0.1, -0.05) is 12.1 Å². The second-order valence-electron chi connectivity index (χ2n) is 3.61. The average molecular weight is 228 g/mol. The van der Waals surface area contributed by atoms with Crippen molar-refractivity contribution in [3.8, 4) is 11.8 Å². The van der Waals surface area contributed by atoms with Gasteiger partial charge in [-0.05, 0) is 23.8 Å². The third-order valence-corrected chi connectivity index (χ3v) is 2.36. The predicted octanol–water partition coefficient (Wildman–Crippen LogP) is 2.39. The van der Waals surface area contributed by atoms with E-state index in [2.05, 4.69) is 4.98 Å². The molecule has 2 aromatic rings. The molecule has 0 radical (unpaired) electrons. The van der Waals surface area contributed by atoms with E-state index >= 15 is 0 Å². The highest BCUT2D eigenvalue weighted by atomic mass is 19.1. The maximum absolute atomic E-state index is 12.7. The van der Waals surface area contributed by atoms with E-state index in [0.29, 0.717) is 12.1 Å². The Kier molecular flexibility index (Phi) is 3.01. The van der Waals surface area contributed by atoms with Crippen molar-refractivity contribution in [1.29, 1.82) is 5.26 Å². The zero-order valence-electron chi connectivity index (χ0n) is 8.89. The highest BCUT2D eigenvalue weighted by Crippen LogP contribution is 2.17. The molecule has 0 unspecified atom stereocenters. The minimum atomic E-state index is -0.287. The zero-order chi connectivity index (χ0) is 12.3. The lowest BCUT2D eigenvalue weighted by molar-refractivity contribution is 0.470.